The van der Waals surface area contributed by atoms with Gasteiger partial charge in [0.2, 0.25) is 11.8 Å². The third-order valence-electron chi connectivity index (χ3n) is 5.73. The van der Waals surface area contributed by atoms with Crippen LogP contribution < -0.4 is 10.6 Å². The fourth-order valence-electron chi connectivity index (χ4n) is 4.10. The maximum absolute atomic E-state index is 11.8. The maximum Gasteiger partial charge on any atom is 0.314 e. The number of carbonyl (C=O) groups is 1. The van der Waals surface area contributed by atoms with Gasteiger partial charge >= 0.3 is 6.03 Å². The SMILES string of the molecule is CCNC(=O)NC[C@H]1C=C(C)[C@H](Cc2nnc(-c3ccncc3)o2)C[C@H]1C(C)C. The molecule has 0 unspecified atom stereocenters. The molecular weight excluding hydrogens is 366 g/mol. The van der Waals surface area contributed by atoms with E-state index < -0.39 is 0 Å². The second-order valence-electron chi connectivity index (χ2n) is 8.10. The van der Waals surface area contributed by atoms with Crippen LogP contribution >= 0.6 is 0 Å². The summed E-state index contributed by atoms with van der Waals surface area (Å²) in [7, 11) is 0. The van der Waals surface area contributed by atoms with Gasteiger partial charge in [-0.25, -0.2) is 4.79 Å². The van der Waals surface area contributed by atoms with E-state index >= 15 is 0 Å². The molecule has 0 aliphatic heterocycles. The third kappa shape index (κ3) is 5.43. The van der Waals surface area contributed by atoms with Gasteiger partial charge in [-0.15, -0.1) is 10.2 Å². The molecule has 7 nitrogen and oxygen atoms in total. The summed E-state index contributed by atoms with van der Waals surface area (Å²) < 4.78 is 5.91. The Morgan fingerprint density at radius 3 is 2.69 bits per heavy atom. The second-order valence-corrected chi connectivity index (χ2v) is 8.10. The van der Waals surface area contributed by atoms with E-state index in [1.165, 1.54) is 5.57 Å². The first-order valence-corrected chi connectivity index (χ1v) is 10.4. The largest absolute Gasteiger partial charge is 0.421 e. The number of pyridine rings is 1. The van der Waals surface area contributed by atoms with Crippen molar-refractivity contribution < 1.29 is 9.21 Å². The molecule has 2 aromatic heterocycles. The van der Waals surface area contributed by atoms with Gasteiger partial charge in [-0.1, -0.05) is 25.5 Å². The summed E-state index contributed by atoms with van der Waals surface area (Å²) in [5, 5.41) is 14.3. The zero-order valence-corrected chi connectivity index (χ0v) is 17.7. The minimum atomic E-state index is -0.0994. The molecule has 0 aromatic carbocycles. The van der Waals surface area contributed by atoms with Crippen molar-refractivity contribution in [2.45, 2.75) is 40.5 Å². The molecule has 1 aliphatic carbocycles. The third-order valence-corrected chi connectivity index (χ3v) is 5.73. The number of carbonyl (C=O) groups excluding carboxylic acids is 1. The fourth-order valence-corrected chi connectivity index (χ4v) is 4.10. The average molecular weight is 398 g/mol. The highest BCUT2D eigenvalue weighted by Gasteiger charge is 2.32. The zero-order valence-electron chi connectivity index (χ0n) is 17.7. The Morgan fingerprint density at radius 2 is 2.00 bits per heavy atom. The Morgan fingerprint density at radius 1 is 1.24 bits per heavy atom. The summed E-state index contributed by atoms with van der Waals surface area (Å²) in [6.07, 6.45) is 7.55. The van der Waals surface area contributed by atoms with E-state index in [0.717, 1.165) is 18.4 Å². The molecule has 2 N–H and O–H groups in total. The molecule has 0 saturated heterocycles. The number of urea groups is 1. The van der Waals surface area contributed by atoms with E-state index in [9.17, 15) is 4.79 Å². The Bertz CT molecular complexity index is 831. The molecule has 156 valence electrons. The van der Waals surface area contributed by atoms with Crippen LogP contribution in [0, 0.1) is 23.7 Å². The summed E-state index contributed by atoms with van der Waals surface area (Å²) in [5.41, 5.74) is 2.21. The fraction of sp³-hybridized carbons (Fsp3) is 0.545. The van der Waals surface area contributed by atoms with Crippen LogP contribution in [-0.4, -0.2) is 34.3 Å². The Labute approximate surface area is 172 Å². The maximum atomic E-state index is 11.8. The number of aromatic nitrogens is 3. The van der Waals surface area contributed by atoms with Crippen molar-refractivity contribution in [1.29, 1.82) is 0 Å². The summed E-state index contributed by atoms with van der Waals surface area (Å²) >= 11 is 0. The van der Waals surface area contributed by atoms with Gasteiger partial charge < -0.3 is 15.1 Å². The molecule has 0 spiro atoms. The van der Waals surface area contributed by atoms with Gasteiger partial charge in [0, 0.05) is 37.5 Å². The summed E-state index contributed by atoms with van der Waals surface area (Å²) in [5.74, 6) is 2.92. The lowest BCUT2D eigenvalue weighted by Gasteiger charge is -2.37. The molecule has 0 radical (unpaired) electrons. The summed E-state index contributed by atoms with van der Waals surface area (Å²) in [6, 6.07) is 3.63. The number of hydrogen-bond acceptors (Lipinski definition) is 5. The predicted octanol–water partition coefficient (Wildman–Crippen LogP) is 3.85. The average Bonchev–Trinajstić information content (AvgIpc) is 3.17. The van der Waals surface area contributed by atoms with Crippen molar-refractivity contribution in [3.05, 3.63) is 42.1 Å². The molecule has 7 heteroatoms. The second kappa shape index (κ2) is 9.67. The lowest BCUT2D eigenvalue weighted by molar-refractivity contribution is 0.211. The van der Waals surface area contributed by atoms with Crippen LogP contribution in [0.25, 0.3) is 11.5 Å². The van der Waals surface area contributed by atoms with Gasteiger partial charge in [-0.2, -0.15) is 0 Å². The lowest BCUT2D eigenvalue weighted by atomic mass is 9.70. The van der Waals surface area contributed by atoms with Crippen LogP contribution in [0.15, 0.2) is 40.6 Å². The van der Waals surface area contributed by atoms with E-state index in [-0.39, 0.29) is 6.03 Å². The Kier molecular flexibility index (Phi) is 7.01. The molecule has 29 heavy (non-hydrogen) atoms. The number of hydrogen-bond donors (Lipinski definition) is 2. The molecule has 0 bridgehead atoms. The van der Waals surface area contributed by atoms with E-state index in [2.05, 4.69) is 52.7 Å². The highest BCUT2D eigenvalue weighted by atomic mass is 16.4. The molecule has 2 amide bonds. The number of nitrogens with zero attached hydrogens (tertiary/aromatic N) is 3. The van der Waals surface area contributed by atoms with E-state index in [1.807, 2.05) is 19.1 Å². The Hall–Kier alpha value is -2.70. The first kappa shape index (κ1) is 21.0. The summed E-state index contributed by atoms with van der Waals surface area (Å²) in [6.45, 7) is 9.88. The first-order valence-electron chi connectivity index (χ1n) is 10.4. The molecule has 0 fully saturated rings. The normalized spacial score (nSPS) is 21.7. The van der Waals surface area contributed by atoms with Gasteiger partial charge in [0.05, 0.1) is 0 Å². The number of amides is 2. The highest BCUT2D eigenvalue weighted by molar-refractivity contribution is 5.73. The van der Waals surface area contributed by atoms with E-state index in [1.54, 1.807) is 12.4 Å². The lowest BCUT2D eigenvalue weighted by Crippen LogP contribution is -2.41. The van der Waals surface area contributed by atoms with Crippen molar-refractivity contribution >= 4 is 6.03 Å². The van der Waals surface area contributed by atoms with Crippen molar-refractivity contribution in [2.75, 3.05) is 13.1 Å². The quantitative estimate of drug-likeness (QED) is 0.692. The number of rotatable bonds is 7. The number of allylic oxidation sites excluding steroid dienone is 1. The molecule has 3 atom stereocenters. The molecular formula is C22H31N5O2. The van der Waals surface area contributed by atoms with Crippen LogP contribution in [-0.2, 0) is 6.42 Å². The summed E-state index contributed by atoms with van der Waals surface area (Å²) in [4.78, 5) is 15.8. The number of nitrogens with one attached hydrogen (secondary N) is 2. The van der Waals surface area contributed by atoms with Gasteiger partial charge in [0.25, 0.3) is 0 Å². The van der Waals surface area contributed by atoms with Crippen LogP contribution in [0.5, 0.6) is 0 Å². The minimum Gasteiger partial charge on any atom is -0.421 e. The predicted molar refractivity (Wildman–Crippen MR) is 112 cm³/mol. The van der Waals surface area contributed by atoms with Crippen molar-refractivity contribution in [2.24, 2.45) is 23.7 Å². The highest BCUT2D eigenvalue weighted by Crippen LogP contribution is 2.38. The van der Waals surface area contributed by atoms with Crippen LogP contribution in [0.3, 0.4) is 0 Å². The smallest absolute Gasteiger partial charge is 0.314 e. The van der Waals surface area contributed by atoms with Crippen molar-refractivity contribution in [3.63, 3.8) is 0 Å². The van der Waals surface area contributed by atoms with E-state index in [0.29, 0.717) is 48.5 Å². The monoisotopic (exact) mass is 397 g/mol. The van der Waals surface area contributed by atoms with Gasteiger partial charge in [-0.05, 0) is 56.1 Å². The van der Waals surface area contributed by atoms with Crippen LogP contribution in [0.4, 0.5) is 4.79 Å². The molecule has 2 aromatic rings. The molecule has 0 saturated carbocycles. The van der Waals surface area contributed by atoms with Gasteiger partial charge in [0.1, 0.15) is 0 Å². The standard InChI is InChI=1S/C22H31N5O2/c1-5-24-22(28)25-13-18-10-15(4)17(11-19(18)14(2)3)12-20-26-27-21(29-20)16-6-8-23-9-7-16/h6-10,14,17-19H,5,11-13H2,1-4H3,(H2,24,25,28)/t17-,18+,19-/m0/s1. The Balaban J connectivity index is 1.68. The van der Waals surface area contributed by atoms with Gasteiger partial charge in [0.15, 0.2) is 0 Å². The van der Waals surface area contributed by atoms with Crippen molar-refractivity contribution in [3.8, 4) is 11.5 Å². The minimum absolute atomic E-state index is 0.0994. The molecule has 1 aliphatic rings. The first-order chi connectivity index (χ1) is 14.0. The van der Waals surface area contributed by atoms with Gasteiger partial charge in [-0.3, -0.25) is 4.98 Å². The molecule has 2 heterocycles. The zero-order chi connectivity index (χ0) is 20.8. The topological polar surface area (TPSA) is 92.9 Å². The van der Waals surface area contributed by atoms with Crippen molar-refractivity contribution in [1.82, 2.24) is 25.8 Å². The van der Waals surface area contributed by atoms with Crippen LogP contribution in [0.2, 0.25) is 0 Å². The van der Waals surface area contributed by atoms with Crippen LogP contribution in [0.1, 0.15) is 40.0 Å². The van der Waals surface area contributed by atoms with E-state index in [4.69, 9.17) is 4.42 Å². The molecule has 3 rings (SSSR count).